The third-order valence-electron chi connectivity index (χ3n) is 3.59. The van der Waals surface area contributed by atoms with Gasteiger partial charge in [0.2, 0.25) is 0 Å². The van der Waals surface area contributed by atoms with Gasteiger partial charge in [0.1, 0.15) is 6.61 Å². The SMILES string of the molecule is C=CCOC(=O)NC1C2CCC2C1C(=O)O. The molecular formula is C11H15NO4. The van der Waals surface area contributed by atoms with Crippen molar-refractivity contribution in [2.75, 3.05) is 6.61 Å². The molecule has 0 aliphatic heterocycles. The summed E-state index contributed by atoms with van der Waals surface area (Å²) in [6.07, 6.45) is 2.88. The van der Waals surface area contributed by atoms with E-state index < -0.39 is 18.0 Å². The van der Waals surface area contributed by atoms with Crippen LogP contribution in [0.4, 0.5) is 4.79 Å². The number of ether oxygens (including phenoxy) is 1. The van der Waals surface area contributed by atoms with Crippen LogP contribution in [-0.2, 0) is 9.53 Å². The summed E-state index contributed by atoms with van der Waals surface area (Å²) >= 11 is 0. The largest absolute Gasteiger partial charge is 0.481 e. The van der Waals surface area contributed by atoms with Crippen molar-refractivity contribution in [2.45, 2.75) is 18.9 Å². The minimum atomic E-state index is -0.824. The lowest BCUT2D eigenvalue weighted by Crippen LogP contribution is -2.66. The molecule has 0 aromatic carbocycles. The quantitative estimate of drug-likeness (QED) is 0.700. The van der Waals surface area contributed by atoms with Crippen LogP contribution in [0.1, 0.15) is 12.8 Å². The van der Waals surface area contributed by atoms with Crippen LogP contribution in [0, 0.1) is 17.8 Å². The molecule has 0 radical (unpaired) electrons. The maximum absolute atomic E-state index is 11.3. The highest BCUT2D eigenvalue weighted by Crippen LogP contribution is 2.54. The van der Waals surface area contributed by atoms with Crippen LogP contribution in [-0.4, -0.2) is 29.8 Å². The van der Waals surface area contributed by atoms with Gasteiger partial charge in [0, 0.05) is 6.04 Å². The molecule has 5 heteroatoms. The van der Waals surface area contributed by atoms with Crippen LogP contribution in [0.5, 0.6) is 0 Å². The normalized spacial score (nSPS) is 35.0. The average Bonchev–Trinajstić information content (AvgIpc) is 2.20. The molecule has 2 aliphatic carbocycles. The fourth-order valence-electron chi connectivity index (χ4n) is 2.68. The molecular weight excluding hydrogens is 210 g/mol. The van der Waals surface area contributed by atoms with Crippen LogP contribution < -0.4 is 5.32 Å². The summed E-state index contributed by atoms with van der Waals surface area (Å²) in [5.41, 5.74) is 0. The standard InChI is InChI=1S/C11H15NO4/c1-2-5-16-11(15)12-9-7-4-3-6(7)8(9)10(13)14/h2,6-9H,1,3-5H2,(H,12,15)(H,13,14). The van der Waals surface area contributed by atoms with Gasteiger partial charge in [0.15, 0.2) is 0 Å². The lowest BCUT2D eigenvalue weighted by Gasteiger charge is -2.57. The molecule has 0 spiro atoms. The van der Waals surface area contributed by atoms with Crippen molar-refractivity contribution in [3.8, 4) is 0 Å². The zero-order chi connectivity index (χ0) is 11.7. The number of carboxylic acids is 1. The van der Waals surface area contributed by atoms with Crippen LogP contribution in [0.25, 0.3) is 0 Å². The van der Waals surface area contributed by atoms with Gasteiger partial charge in [-0.1, -0.05) is 12.7 Å². The first-order valence-electron chi connectivity index (χ1n) is 5.42. The van der Waals surface area contributed by atoms with Crippen LogP contribution in [0.15, 0.2) is 12.7 Å². The molecule has 0 saturated heterocycles. The predicted molar refractivity (Wildman–Crippen MR) is 55.8 cm³/mol. The van der Waals surface area contributed by atoms with Crippen molar-refractivity contribution >= 4 is 12.1 Å². The summed E-state index contributed by atoms with van der Waals surface area (Å²) in [6, 6.07) is -0.256. The Morgan fingerprint density at radius 1 is 1.44 bits per heavy atom. The highest BCUT2D eigenvalue weighted by molar-refractivity contribution is 5.76. The molecule has 16 heavy (non-hydrogen) atoms. The Labute approximate surface area is 93.5 Å². The second-order valence-electron chi connectivity index (χ2n) is 4.33. The van der Waals surface area contributed by atoms with Crippen LogP contribution in [0.2, 0.25) is 0 Å². The summed E-state index contributed by atoms with van der Waals surface area (Å²) in [7, 11) is 0. The van der Waals surface area contributed by atoms with Crippen molar-refractivity contribution in [2.24, 2.45) is 17.8 Å². The monoisotopic (exact) mass is 225 g/mol. The number of nitrogens with one attached hydrogen (secondary N) is 1. The second-order valence-corrected chi connectivity index (χ2v) is 4.33. The van der Waals surface area contributed by atoms with E-state index in [-0.39, 0.29) is 18.6 Å². The molecule has 0 aromatic rings. The lowest BCUT2D eigenvalue weighted by molar-refractivity contribution is -0.163. The third-order valence-corrected chi connectivity index (χ3v) is 3.59. The van der Waals surface area contributed by atoms with E-state index in [1.807, 2.05) is 0 Å². The van der Waals surface area contributed by atoms with Gasteiger partial charge in [-0.2, -0.15) is 0 Å². The van der Waals surface area contributed by atoms with E-state index >= 15 is 0 Å². The molecule has 4 atom stereocenters. The van der Waals surface area contributed by atoms with Crippen molar-refractivity contribution < 1.29 is 19.4 Å². The van der Waals surface area contributed by atoms with Gasteiger partial charge >= 0.3 is 12.1 Å². The maximum atomic E-state index is 11.3. The topological polar surface area (TPSA) is 75.6 Å². The number of alkyl carbamates (subject to hydrolysis) is 1. The Balaban J connectivity index is 1.86. The van der Waals surface area contributed by atoms with Crippen molar-refractivity contribution in [1.29, 1.82) is 0 Å². The van der Waals surface area contributed by atoms with Gasteiger partial charge in [-0.05, 0) is 24.7 Å². The molecule has 2 fully saturated rings. The van der Waals surface area contributed by atoms with E-state index in [1.165, 1.54) is 6.08 Å². The van der Waals surface area contributed by atoms with E-state index in [4.69, 9.17) is 9.84 Å². The number of aliphatic carboxylic acids is 1. The number of carbonyl (C=O) groups is 2. The van der Waals surface area contributed by atoms with Crippen molar-refractivity contribution in [3.05, 3.63) is 12.7 Å². The minimum absolute atomic E-state index is 0.143. The summed E-state index contributed by atoms with van der Waals surface area (Å²) in [5, 5.41) is 11.6. The fourth-order valence-corrected chi connectivity index (χ4v) is 2.68. The predicted octanol–water partition coefficient (Wildman–Crippen LogP) is 1.01. The molecule has 1 amide bonds. The molecule has 2 N–H and O–H groups in total. The van der Waals surface area contributed by atoms with E-state index in [2.05, 4.69) is 11.9 Å². The van der Waals surface area contributed by atoms with E-state index in [9.17, 15) is 9.59 Å². The highest BCUT2D eigenvalue weighted by atomic mass is 16.5. The Bertz CT molecular complexity index is 328. The zero-order valence-corrected chi connectivity index (χ0v) is 8.89. The molecule has 2 saturated carbocycles. The zero-order valence-electron chi connectivity index (χ0n) is 8.89. The smallest absolute Gasteiger partial charge is 0.407 e. The van der Waals surface area contributed by atoms with Crippen LogP contribution in [0.3, 0.4) is 0 Å². The van der Waals surface area contributed by atoms with Gasteiger partial charge in [-0.3, -0.25) is 4.79 Å². The molecule has 0 aromatic heterocycles. The van der Waals surface area contributed by atoms with Crippen molar-refractivity contribution in [1.82, 2.24) is 5.32 Å². The summed E-state index contributed by atoms with van der Waals surface area (Å²) in [4.78, 5) is 22.2. The van der Waals surface area contributed by atoms with Gasteiger partial charge in [-0.15, -0.1) is 0 Å². The number of hydrogen-bond donors (Lipinski definition) is 2. The third kappa shape index (κ3) is 1.66. The number of amides is 1. The molecule has 0 heterocycles. The first-order valence-corrected chi connectivity index (χ1v) is 5.42. The number of carboxylic acid groups (broad SMARTS) is 1. The Hall–Kier alpha value is -1.52. The first-order chi connectivity index (χ1) is 7.65. The number of rotatable bonds is 4. The van der Waals surface area contributed by atoms with Gasteiger partial charge in [-0.25, -0.2) is 4.79 Å². The molecule has 4 unspecified atom stereocenters. The first kappa shape index (κ1) is 11.0. The van der Waals surface area contributed by atoms with Crippen molar-refractivity contribution in [3.63, 3.8) is 0 Å². The van der Waals surface area contributed by atoms with E-state index in [0.717, 1.165) is 12.8 Å². The van der Waals surface area contributed by atoms with Gasteiger partial charge in [0.05, 0.1) is 5.92 Å². The summed E-state index contributed by atoms with van der Waals surface area (Å²) in [5.74, 6) is -0.676. The molecule has 2 rings (SSSR count). The number of fused-ring (bicyclic) bond motifs is 1. The molecule has 5 nitrogen and oxygen atoms in total. The van der Waals surface area contributed by atoms with Gasteiger partial charge < -0.3 is 15.2 Å². The maximum Gasteiger partial charge on any atom is 0.407 e. The summed E-state index contributed by atoms with van der Waals surface area (Å²) < 4.78 is 4.77. The Kier molecular flexibility index (Phi) is 2.85. The average molecular weight is 225 g/mol. The van der Waals surface area contributed by atoms with E-state index in [1.54, 1.807) is 0 Å². The Morgan fingerprint density at radius 3 is 2.62 bits per heavy atom. The number of carbonyl (C=O) groups excluding carboxylic acids is 1. The number of hydrogen-bond acceptors (Lipinski definition) is 3. The molecule has 2 aliphatic rings. The second kappa shape index (κ2) is 4.15. The fraction of sp³-hybridized carbons (Fsp3) is 0.636. The molecule has 0 bridgehead atoms. The Morgan fingerprint density at radius 2 is 2.12 bits per heavy atom. The summed E-state index contributed by atoms with van der Waals surface area (Å²) in [6.45, 7) is 3.57. The van der Waals surface area contributed by atoms with E-state index in [0.29, 0.717) is 5.92 Å². The highest BCUT2D eigenvalue weighted by Gasteiger charge is 2.59. The van der Waals surface area contributed by atoms with Gasteiger partial charge in [0.25, 0.3) is 0 Å². The van der Waals surface area contributed by atoms with Crippen LogP contribution >= 0.6 is 0 Å². The molecule has 88 valence electrons. The minimum Gasteiger partial charge on any atom is -0.481 e. The lowest BCUT2D eigenvalue weighted by atomic mass is 9.50.